The summed E-state index contributed by atoms with van der Waals surface area (Å²) in [4.78, 5) is 30.0. The maximum absolute atomic E-state index is 13.2. The van der Waals surface area contributed by atoms with Crippen molar-refractivity contribution in [2.45, 2.75) is 38.5 Å². The number of fused-ring (bicyclic) bond motifs is 1. The van der Waals surface area contributed by atoms with Crippen LogP contribution in [0, 0.1) is 6.57 Å². The molecular formula is C25H27ClF2N10O2. The topological polar surface area (TPSA) is 108 Å². The largest absolute Gasteiger partial charge is 0.435 e. The highest BCUT2D eigenvalue weighted by Gasteiger charge is 2.35. The molecule has 3 aromatic rings. The average Bonchev–Trinajstić information content (AvgIpc) is 3.60. The Hall–Kier alpha value is -3.96. The van der Waals surface area contributed by atoms with E-state index < -0.39 is 6.61 Å². The Morgan fingerprint density at radius 3 is 2.62 bits per heavy atom. The molecule has 0 bridgehead atoms. The minimum atomic E-state index is -3.02. The molecule has 3 fully saturated rings. The summed E-state index contributed by atoms with van der Waals surface area (Å²) in [6.45, 7) is 10.2. The quantitative estimate of drug-likeness (QED) is 0.391. The van der Waals surface area contributed by atoms with E-state index in [2.05, 4.69) is 35.4 Å². The summed E-state index contributed by atoms with van der Waals surface area (Å²) in [5, 5.41) is 11.1. The number of anilines is 4. The third kappa shape index (κ3) is 5.26. The first-order valence-electron chi connectivity index (χ1n) is 13.0. The fourth-order valence-electron chi connectivity index (χ4n) is 4.98. The molecule has 4 heterocycles. The highest BCUT2D eigenvalue weighted by molar-refractivity contribution is 6.36. The number of benzene rings is 1. The van der Waals surface area contributed by atoms with Crippen molar-refractivity contribution < 1.29 is 18.3 Å². The molecule has 0 radical (unpaired) electrons. The van der Waals surface area contributed by atoms with Gasteiger partial charge in [-0.3, -0.25) is 9.69 Å². The maximum atomic E-state index is 13.2. The second-order valence-electron chi connectivity index (χ2n) is 10.1. The monoisotopic (exact) mass is 572 g/mol. The summed E-state index contributed by atoms with van der Waals surface area (Å²) < 4.78 is 32.6. The van der Waals surface area contributed by atoms with Crippen molar-refractivity contribution in [3.63, 3.8) is 0 Å². The molecule has 15 heteroatoms. The van der Waals surface area contributed by atoms with E-state index in [9.17, 15) is 13.6 Å². The smallest absolute Gasteiger partial charge is 0.387 e. The Kier molecular flexibility index (Phi) is 6.93. The van der Waals surface area contributed by atoms with E-state index in [0.29, 0.717) is 41.3 Å². The van der Waals surface area contributed by atoms with Gasteiger partial charge in [0.25, 0.3) is 17.4 Å². The van der Waals surface area contributed by atoms with Crippen molar-refractivity contribution in [3.05, 3.63) is 34.8 Å². The van der Waals surface area contributed by atoms with E-state index in [0.717, 1.165) is 39.0 Å². The van der Waals surface area contributed by atoms with Crippen LogP contribution in [-0.4, -0.2) is 93.3 Å². The molecule has 2 saturated heterocycles. The first-order chi connectivity index (χ1) is 19.3. The Bertz CT molecular complexity index is 1480. The first kappa shape index (κ1) is 26.3. The number of piperazine rings is 1. The van der Waals surface area contributed by atoms with Crippen LogP contribution in [0.25, 0.3) is 10.5 Å². The van der Waals surface area contributed by atoms with Gasteiger partial charge in [0.1, 0.15) is 5.75 Å². The molecule has 40 heavy (non-hydrogen) atoms. The molecule has 2 aliphatic heterocycles. The Balaban J connectivity index is 1.26. The summed E-state index contributed by atoms with van der Waals surface area (Å²) >= 11 is 6.84. The van der Waals surface area contributed by atoms with Gasteiger partial charge in [-0.1, -0.05) is 23.3 Å². The second-order valence-corrected chi connectivity index (χ2v) is 10.5. The number of carbonyl (C=O) groups excluding carboxylic acids is 1. The molecule has 3 aliphatic rings. The predicted molar refractivity (Wildman–Crippen MR) is 145 cm³/mol. The molecule has 12 nitrogen and oxygen atoms in total. The van der Waals surface area contributed by atoms with Gasteiger partial charge in [0.15, 0.2) is 5.82 Å². The zero-order valence-corrected chi connectivity index (χ0v) is 22.4. The van der Waals surface area contributed by atoms with Gasteiger partial charge in [-0.05, 0) is 12.8 Å². The molecule has 2 N–H and O–H groups in total. The summed E-state index contributed by atoms with van der Waals surface area (Å²) in [7, 11) is 0. The lowest BCUT2D eigenvalue weighted by Crippen LogP contribution is -2.64. The van der Waals surface area contributed by atoms with Gasteiger partial charge in [0.2, 0.25) is 5.91 Å². The lowest BCUT2D eigenvalue weighted by molar-refractivity contribution is -0.136. The minimum Gasteiger partial charge on any atom is -0.435 e. The van der Waals surface area contributed by atoms with Crippen molar-refractivity contribution in [2.24, 2.45) is 0 Å². The lowest BCUT2D eigenvalue weighted by Gasteiger charge is -2.48. The average molecular weight is 573 g/mol. The van der Waals surface area contributed by atoms with Crippen molar-refractivity contribution >= 4 is 52.1 Å². The minimum absolute atomic E-state index is 0.0580. The van der Waals surface area contributed by atoms with Crippen LogP contribution in [0.15, 0.2) is 18.3 Å². The molecule has 0 spiro atoms. The summed E-state index contributed by atoms with van der Waals surface area (Å²) in [5.41, 5.74) is 1.25. The number of ether oxygens (including phenoxy) is 1. The fourth-order valence-corrected chi connectivity index (χ4v) is 5.26. The van der Waals surface area contributed by atoms with Crippen molar-refractivity contribution in [3.8, 4) is 5.75 Å². The number of likely N-dealkylation sites (tertiary alicyclic amines) is 1. The maximum Gasteiger partial charge on any atom is 0.387 e. The van der Waals surface area contributed by atoms with Gasteiger partial charge >= 0.3 is 6.61 Å². The summed E-state index contributed by atoms with van der Waals surface area (Å²) in [6.07, 6.45) is 3.42. The molecule has 1 saturated carbocycles. The van der Waals surface area contributed by atoms with Crippen LogP contribution in [0.1, 0.15) is 19.8 Å². The molecule has 1 amide bonds. The SMILES string of the molecule is [C-]#[N+]c1cnc2c(NC3CC3)nc(Nc3cc(OC(F)F)cc(N4CCN(C5CN(C(C)=O)C5)CC4)c3Cl)nn12. The van der Waals surface area contributed by atoms with Crippen LogP contribution in [0.2, 0.25) is 5.02 Å². The zero-order chi connectivity index (χ0) is 28.0. The molecule has 1 aliphatic carbocycles. The van der Waals surface area contributed by atoms with E-state index in [1.165, 1.54) is 22.8 Å². The second kappa shape index (κ2) is 10.5. The molecule has 6 rings (SSSR count). The normalized spacial score (nSPS) is 18.1. The van der Waals surface area contributed by atoms with Crippen LogP contribution in [0.4, 0.5) is 37.7 Å². The Morgan fingerprint density at radius 2 is 1.98 bits per heavy atom. The highest BCUT2D eigenvalue weighted by Crippen LogP contribution is 2.40. The van der Waals surface area contributed by atoms with Crippen LogP contribution >= 0.6 is 11.6 Å². The van der Waals surface area contributed by atoms with Crippen LogP contribution in [0.3, 0.4) is 0 Å². The number of amides is 1. The van der Waals surface area contributed by atoms with Gasteiger partial charge in [0.05, 0.1) is 22.6 Å². The molecule has 210 valence electrons. The van der Waals surface area contributed by atoms with Crippen LogP contribution in [0.5, 0.6) is 5.75 Å². The van der Waals surface area contributed by atoms with Crippen LogP contribution in [-0.2, 0) is 4.79 Å². The number of hydrogen-bond donors (Lipinski definition) is 2. The number of imidazole rings is 1. The van der Waals surface area contributed by atoms with E-state index >= 15 is 0 Å². The van der Waals surface area contributed by atoms with E-state index in [-0.39, 0.29) is 35.2 Å². The fraction of sp³-hybridized carbons (Fsp3) is 0.480. The van der Waals surface area contributed by atoms with Crippen molar-refractivity contribution in [2.75, 3.05) is 54.8 Å². The molecular weight excluding hydrogens is 546 g/mol. The Morgan fingerprint density at radius 1 is 1.23 bits per heavy atom. The first-order valence-corrected chi connectivity index (χ1v) is 13.4. The predicted octanol–water partition coefficient (Wildman–Crippen LogP) is 3.60. The van der Waals surface area contributed by atoms with Gasteiger partial charge in [0, 0.05) is 70.4 Å². The van der Waals surface area contributed by atoms with Crippen LogP contribution < -0.4 is 20.3 Å². The van der Waals surface area contributed by atoms with Crippen molar-refractivity contribution in [1.29, 1.82) is 0 Å². The number of rotatable bonds is 8. The van der Waals surface area contributed by atoms with E-state index in [1.54, 1.807) is 6.92 Å². The summed E-state index contributed by atoms with van der Waals surface area (Å²) in [6, 6.07) is 3.47. The highest BCUT2D eigenvalue weighted by atomic mass is 35.5. The number of carbonyl (C=O) groups is 1. The summed E-state index contributed by atoms with van der Waals surface area (Å²) in [5.74, 6) is 0.801. The van der Waals surface area contributed by atoms with E-state index in [4.69, 9.17) is 22.9 Å². The number of halogens is 3. The van der Waals surface area contributed by atoms with E-state index in [1.807, 2.05) is 9.80 Å². The van der Waals surface area contributed by atoms with Crippen molar-refractivity contribution in [1.82, 2.24) is 29.4 Å². The molecule has 0 unspecified atom stereocenters. The van der Waals surface area contributed by atoms with Gasteiger partial charge in [-0.15, -0.1) is 4.52 Å². The van der Waals surface area contributed by atoms with Gasteiger partial charge < -0.3 is 30.0 Å². The lowest BCUT2D eigenvalue weighted by atomic mass is 10.1. The Labute approximate surface area is 233 Å². The third-order valence-electron chi connectivity index (χ3n) is 7.35. The molecule has 2 aromatic heterocycles. The number of hydrogen-bond acceptors (Lipinski definition) is 9. The number of aromatic nitrogens is 4. The molecule has 0 atom stereocenters. The number of alkyl halides is 2. The van der Waals surface area contributed by atoms with Gasteiger partial charge in [-0.25, -0.2) is 4.98 Å². The number of nitrogens with one attached hydrogen (secondary N) is 2. The number of nitrogens with zero attached hydrogens (tertiary/aromatic N) is 8. The third-order valence-corrected chi connectivity index (χ3v) is 7.75. The standard InChI is InChI=1S/C25H27ClF2N10O2/c1-14(39)37-12-16(13-37)35-5-7-36(8-6-35)19-10-17(40-24(27)28)9-18(21(19)26)32-25-33-22(31-15-3-4-15)23-30-11-20(29-2)38(23)34-25/h9-11,15-16,24H,3-8,12-13H2,1H3,(H2,31,32,33,34). The van der Waals surface area contributed by atoms with Gasteiger partial charge in [-0.2, -0.15) is 13.8 Å². The molecule has 1 aromatic carbocycles. The zero-order valence-electron chi connectivity index (χ0n) is 21.6.